The average Bonchev–Trinajstić information content (AvgIpc) is 3.06. The van der Waals surface area contributed by atoms with E-state index in [2.05, 4.69) is 0 Å². The van der Waals surface area contributed by atoms with Crippen LogP contribution in [0.3, 0.4) is 0 Å². The zero-order valence-corrected chi connectivity index (χ0v) is 17.9. The van der Waals surface area contributed by atoms with Crippen molar-refractivity contribution in [1.29, 1.82) is 0 Å². The van der Waals surface area contributed by atoms with Gasteiger partial charge in [0.15, 0.2) is 5.78 Å². The summed E-state index contributed by atoms with van der Waals surface area (Å²) in [4.78, 5) is 40.6. The summed E-state index contributed by atoms with van der Waals surface area (Å²) in [5.41, 5.74) is -0.169. The van der Waals surface area contributed by atoms with Gasteiger partial charge in [0.1, 0.15) is 11.3 Å². The van der Waals surface area contributed by atoms with Crippen molar-refractivity contribution in [2.45, 2.75) is 52.4 Å². The Labute approximate surface area is 171 Å². The lowest BCUT2D eigenvalue weighted by molar-refractivity contribution is -0.138. The van der Waals surface area contributed by atoms with Crippen LogP contribution in [0.2, 0.25) is 0 Å². The molecule has 0 radical (unpaired) electrons. The Morgan fingerprint density at radius 3 is 2.28 bits per heavy atom. The number of hydrogen-bond donors (Lipinski definition) is 0. The monoisotopic (exact) mass is 402 g/mol. The maximum absolute atomic E-state index is 13.2. The Kier molecular flexibility index (Phi) is 5.72. The first kappa shape index (κ1) is 21.3. The minimum atomic E-state index is -0.727. The van der Waals surface area contributed by atoms with Crippen LogP contribution in [0, 0.1) is 5.92 Å². The van der Waals surface area contributed by atoms with Gasteiger partial charge >= 0.3 is 6.09 Å². The van der Waals surface area contributed by atoms with Crippen molar-refractivity contribution in [3.8, 4) is 0 Å². The molecule has 2 unspecified atom stereocenters. The molecule has 2 aliphatic heterocycles. The zero-order chi connectivity index (χ0) is 21.4. The zero-order valence-electron chi connectivity index (χ0n) is 17.9. The van der Waals surface area contributed by atoms with E-state index in [1.54, 1.807) is 34.1 Å². The number of Topliss-reactive ketones (excluding diaryl/α,β-unsaturated/α-hetero) is 1. The molecule has 7 nitrogen and oxygen atoms in total. The molecule has 0 aromatic heterocycles. The molecule has 7 heteroatoms. The number of carbonyl (C=O) groups is 3. The summed E-state index contributed by atoms with van der Waals surface area (Å²) in [6, 6.07) is 6.72. The summed E-state index contributed by atoms with van der Waals surface area (Å²) in [5.74, 6) is -0.213. The molecule has 2 saturated heterocycles. The molecule has 2 atom stereocenters. The molecule has 1 aromatic rings. The van der Waals surface area contributed by atoms with Crippen molar-refractivity contribution in [1.82, 2.24) is 9.80 Å². The molecule has 29 heavy (non-hydrogen) atoms. The summed E-state index contributed by atoms with van der Waals surface area (Å²) in [6.45, 7) is 10.9. The lowest BCUT2D eigenvalue weighted by Crippen LogP contribution is -2.61. The number of ketones is 1. The highest BCUT2D eigenvalue weighted by Crippen LogP contribution is 2.39. The molecular formula is C22H30N2O5. The van der Waals surface area contributed by atoms with Gasteiger partial charge in [0.2, 0.25) is 0 Å². The lowest BCUT2D eigenvalue weighted by atomic mass is 9.88. The molecule has 0 saturated carbocycles. The van der Waals surface area contributed by atoms with Crippen molar-refractivity contribution < 1.29 is 23.9 Å². The van der Waals surface area contributed by atoms with Gasteiger partial charge in [-0.15, -0.1) is 0 Å². The van der Waals surface area contributed by atoms with Gasteiger partial charge in [0.05, 0.1) is 6.61 Å². The molecule has 1 aromatic carbocycles. The largest absolute Gasteiger partial charge is 0.444 e. The second-order valence-corrected chi connectivity index (χ2v) is 8.86. The Balaban J connectivity index is 1.75. The topological polar surface area (TPSA) is 76.2 Å². The van der Waals surface area contributed by atoms with E-state index in [0.29, 0.717) is 43.8 Å². The molecule has 2 amide bonds. The van der Waals surface area contributed by atoms with Crippen LogP contribution in [-0.4, -0.2) is 65.2 Å². The van der Waals surface area contributed by atoms with Crippen LogP contribution in [0.1, 0.15) is 61.8 Å². The van der Waals surface area contributed by atoms with E-state index in [-0.39, 0.29) is 23.7 Å². The summed E-state index contributed by atoms with van der Waals surface area (Å²) in [7, 11) is 0. The van der Waals surface area contributed by atoms with Crippen LogP contribution in [0.5, 0.6) is 0 Å². The Morgan fingerprint density at radius 2 is 1.72 bits per heavy atom. The number of hydrogen-bond acceptors (Lipinski definition) is 5. The molecule has 0 N–H and O–H groups in total. The maximum Gasteiger partial charge on any atom is 0.410 e. The van der Waals surface area contributed by atoms with Crippen molar-refractivity contribution in [3.63, 3.8) is 0 Å². The Hall–Kier alpha value is -2.41. The summed E-state index contributed by atoms with van der Waals surface area (Å²) < 4.78 is 11.6. The standard InChI is InChI=1S/C22H30N2O5/c1-15-14-23(20(27)29-21(3,4)5)11-10-22(15)24(12-13-28-22)19(26)18-8-6-17(7-9-18)16(2)25/h6-9,15H,10-14H2,1-5H3. The van der Waals surface area contributed by atoms with Gasteiger partial charge in [-0.3, -0.25) is 9.59 Å². The van der Waals surface area contributed by atoms with Crippen LogP contribution >= 0.6 is 0 Å². The highest BCUT2D eigenvalue weighted by atomic mass is 16.6. The molecule has 2 aliphatic rings. The molecule has 0 bridgehead atoms. The van der Waals surface area contributed by atoms with E-state index in [1.807, 2.05) is 27.7 Å². The number of nitrogens with zero attached hydrogens (tertiary/aromatic N) is 2. The van der Waals surface area contributed by atoms with Crippen molar-refractivity contribution in [2.75, 3.05) is 26.2 Å². The van der Waals surface area contributed by atoms with Gasteiger partial charge in [-0.05, 0) is 39.8 Å². The fourth-order valence-corrected chi connectivity index (χ4v) is 4.07. The third-order valence-corrected chi connectivity index (χ3v) is 5.56. The molecular weight excluding hydrogens is 372 g/mol. The third kappa shape index (κ3) is 4.29. The van der Waals surface area contributed by atoms with E-state index in [4.69, 9.17) is 9.47 Å². The van der Waals surface area contributed by atoms with Crippen molar-refractivity contribution >= 4 is 17.8 Å². The van der Waals surface area contributed by atoms with Crippen molar-refractivity contribution in [2.24, 2.45) is 5.92 Å². The molecule has 3 rings (SSSR count). The normalized spacial score (nSPS) is 24.7. The van der Waals surface area contributed by atoms with Gasteiger partial charge in [-0.2, -0.15) is 0 Å². The summed E-state index contributed by atoms with van der Waals surface area (Å²) in [6.07, 6.45) is 0.194. The number of ether oxygens (including phenoxy) is 2. The molecule has 2 heterocycles. The van der Waals surface area contributed by atoms with E-state index in [0.717, 1.165) is 0 Å². The highest BCUT2D eigenvalue weighted by molar-refractivity contribution is 5.98. The number of benzene rings is 1. The molecule has 2 fully saturated rings. The summed E-state index contributed by atoms with van der Waals surface area (Å²) >= 11 is 0. The van der Waals surface area contributed by atoms with Crippen LogP contribution in [-0.2, 0) is 9.47 Å². The van der Waals surface area contributed by atoms with E-state index in [1.165, 1.54) is 6.92 Å². The average molecular weight is 402 g/mol. The second-order valence-electron chi connectivity index (χ2n) is 8.86. The van der Waals surface area contributed by atoms with Gasteiger partial charge in [-0.25, -0.2) is 4.79 Å². The maximum atomic E-state index is 13.2. The van der Waals surface area contributed by atoms with Crippen molar-refractivity contribution in [3.05, 3.63) is 35.4 Å². The van der Waals surface area contributed by atoms with Gasteiger partial charge in [0.25, 0.3) is 5.91 Å². The first-order valence-corrected chi connectivity index (χ1v) is 10.1. The van der Waals surface area contributed by atoms with Crippen LogP contribution in [0.25, 0.3) is 0 Å². The first-order valence-electron chi connectivity index (χ1n) is 10.1. The second kappa shape index (κ2) is 7.78. The minimum Gasteiger partial charge on any atom is -0.444 e. The highest BCUT2D eigenvalue weighted by Gasteiger charge is 2.52. The number of piperidine rings is 1. The SMILES string of the molecule is CC(=O)c1ccc(C(=O)N2CCOC23CCN(C(=O)OC(C)(C)C)CC3C)cc1. The van der Waals surface area contributed by atoms with E-state index < -0.39 is 11.3 Å². The number of carbonyl (C=O) groups excluding carboxylic acids is 3. The number of rotatable bonds is 2. The smallest absolute Gasteiger partial charge is 0.410 e. The van der Waals surface area contributed by atoms with Crippen LogP contribution < -0.4 is 0 Å². The Morgan fingerprint density at radius 1 is 1.10 bits per heavy atom. The van der Waals surface area contributed by atoms with E-state index in [9.17, 15) is 14.4 Å². The van der Waals surface area contributed by atoms with Gasteiger partial charge < -0.3 is 19.3 Å². The molecule has 158 valence electrons. The minimum absolute atomic E-state index is 0.0342. The molecule has 0 aliphatic carbocycles. The Bertz CT molecular complexity index is 798. The fourth-order valence-electron chi connectivity index (χ4n) is 4.07. The lowest BCUT2D eigenvalue weighted by Gasteiger charge is -2.47. The predicted octanol–water partition coefficient (Wildman–Crippen LogP) is 3.33. The number of amides is 2. The van der Waals surface area contributed by atoms with Crippen LogP contribution in [0.4, 0.5) is 4.79 Å². The quantitative estimate of drug-likeness (QED) is 0.709. The third-order valence-electron chi connectivity index (χ3n) is 5.56. The van der Waals surface area contributed by atoms with Gasteiger partial charge in [-0.1, -0.05) is 19.1 Å². The van der Waals surface area contributed by atoms with Crippen LogP contribution in [0.15, 0.2) is 24.3 Å². The fraction of sp³-hybridized carbons (Fsp3) is 0.591. The van der Waals surface area contributed by atoms with Gasteiger partial charge in [0, 0.05) is 43.1 Å². The molecule has 1 spiro atoms. The number of likely N-dealkylation sites (tertiary alicyclic amines) is 1. The van der Waals surface area contributed by atoms with E-state index >= 15 is 0 Å². The predicted molar refractivity (Wildman–Crippen MR) is 108 cm³/mol. The first-order chi connectivity index (χ1) is 13.5. The summed E-state index contributed by atoms with van der Waals surface area (Å²) in [5, 5.41) is 0.